The molecular formula is C17H11ClF3NO3. The van der Waals surface area contributed by atoms with Gasteiger partial charge in [0.2, 0.25) is 0 Å². The predicted molar refractivity (Wildman–Crippen MR) is 86.8 cm³/mol. The lowest BCUT2D eigenvalue weighted by molar-refractivity contribution is -0.274. The van der Waals surface area contributed by atoms with Gasteiger partial charge >= 0.3 is 12.3 Å². The van der Waals surface area contributed by atoms with Gasteiger partial charge in [0.05, 0.1) is 12.1 Å². The molecule has 0 aliphatic rings. The Morgan fingerprint density at radius 3 is 2.44 bits per heavy atom. The van der Waals surface area contributed by atoms with Gasteiger partial charge in [-0.2, -0.15) is 0 Å². The highest BCUT2D eigenvalue weighted by Crippen LogP contribution is 2.34. The van der Waals surface area contributed by atoms with Crippen LogP contribution in [0, 0.1) is 0 Å². The van der Waals surface area contributed by atoms with Crippen molar-refractivity contribution in [3.05, 3.63) is 53.1 Å². The highest BCUT2D eigenvalue weighted by atomic mass is 35.5. The number of nitrogens with one attached hydrogen (secondary N) is 1. The van der Waals surface area contributed by atoms with Crippen molar-refractivity contribution >= 4 is 28.5 Å². The number of halogens is 4. The summed E-state index contributed by atoms with van der Waals surface area (Å²) in [5, 5.41) is 10.0. The average Bonchev–Trinajstić information content (AvgIpc) is 2.84. The van der Waals surface area contributed by atoms with Gasteiger partial charge in [-0.3, -0.25) is 4.79 Å². The van der Waals surface area contributed by atoms with Crippen LogP contribution in [0.15, 0.2) is 42.5 Å². The Balaban J connectivity index is 2.16. The second-order valence-corrected chi connectivity index (χ2v) is 5.75. The first-order valence-corrected chi connectivity index (χ1v) is 7.49. The molecule has 0 saturated carbocycles. The molecule has 8 heteroatoms. The van der Waals surface area contributed by atoms with E-state index in [2.05, 4.69) is 9.72 Å². The SMILES string of the molecule is O=C(O)Cc1c(-c2ccc(Cl)cc2)[nH]c2ccc(OC(F)(F)F)cc12. The molecule has 4 nitrogen and oxygen atoms in total. The Labute approximate surface area is 144 Å². The smallest absolute Gasteiger partial charge is 0.481 e. The minimum Gasteiger partial charge on any atom is -0.481 e. The van der Waals surface area contributed by atoms with Gasteiger partial charge in [0.15, 0.2) is 0 Å². The van der Waals surface area contributed by atoms with Gasteiger partial charge in [-0.25, -0.2) is 0 Å². The van der Waals surface area contributed by atoms with E-state index in [1.165, 1.54) is 18.2 Å². The third-order valence-electron chi connectivity index (χ3n) is 3.57. The number of benzene rings is 2. The number of aromatic amines is 1. The van der Waals surface area contributed by atoms with Gasteiger partial charge in [-0.1, -0.05) is 23.7 Å². The van der Waals surface area contributed by atoms with E-state index >= 15 is 0 Å². The number of aliphatic carboxylic acids is 1. The van der Waals surface area contributed by atoms with E-state index < -0.39 is 18.1 Å². The maximum absolute atomic E-state index is 12.4. The molecule has 0 radical (unpaired) electrons. The number of carboxylic acids is 1. The molecule has 0 saturated heterocycles. The second kappa shape index (κ2) is 6.33. The molecule has 0 bridgehead atoms. The lowest BCUT2D eigenvalue weighted by Crippen LogP contribution is -2.17. The van der Waals surface area contributed by atoms with E-state index in [1.807, 2.05) is 0 Å². The molecule has 0 aliphatic carbocycles. The quantitative estimate of drug-likeness (QED) is 0.679. The van der Waals surface area contributed by atoms with Gasteiger partial charge in [0.25, 0.3) is 0 Å². The number of hydrogen-bond acceptors (Lipinski definition) is 2. The predicted octanol–water partition coefficient (Wildman–Crippen LogP) is 5.01. The highest BCUT2D eigenvalue weighted by Gasteiger charge is 2.31. The van der Waals surface area contributed by atoms with Crippen LogP contribution in [0.2, 0.25) is 5.02 Å². The fourth-order valence-corrected chi connectivity index (χ4v) is 2.75. The summed E-state index contributed by atoms with van der Waals surface area (Å²) in [5.41, 5.74) is 2.07. The third-order valence-corrected chi connectivity index (χ3v) is 3.82. The van der Waals surface area contributed by atoms with Crippen molar-refractivity contribution in [3.8, 4) is 17.0 Å². The van der Waals surface area contributed by atoms with Crippen LogP contribution < -0.4 is 4.74 Å². The van der Waals surface area contributed by atoms with Gasteiger partial charge in [-0.05, 0) is 41.5 Å². The first-order chi connectivity index (χ1) is 11.7. The first kappa shape index (κ1) is 17.2. The number of ether oxygens (including phenoxy) is 1. The van der Waals surface area contributed by atoms with E-state index in [1.54, 1.807) is 24.3 Å². The largest absolute Gasteiger partial charge is 0.573 e. The van der Waals surface area contributed by atoms with Crippen molar-refractivity contribution < 1.29 is 27.8 Å². The van der Waals surface area contributed by atoms with E-state index in [9.17, 15) is 18.0 Å². The molecule has 3 rings (SSSR count). The maximum Gasteiger partial charge on any atom is 0.573 e. The Hall–Kier alpha value is -2.67. The Morgan fingerprint density at radius 2 is 1.84 bits per heavy atom. The zero-order valence-corrected chi connectivity index (χ0v) is 13.3. The Morgan fingerprint density at radius 1 is 1.16 bits per heavy atom. The monoisotopic (exact) mass is 369 g/mol. The van der Waals surface area contributed by atoms with Crippen LogP contribution in [0.4, 0.5) is 13.2 Å². The summed E-state index contributed by atoms with van der Waals surface area (Å²) in [6.07, 6.45) is -5.18. The molecule has 3 aromatic rings. The van der Waals surface area contributed by atoms with Crippen molar-refractivity contribution in [3.63, 3.8) is 0 Å². The van der Waals surface area contributed by atoms with Gasteiger partial charge in [0, 0.05) is 15.9 Å². The van der Waals surface area contributed by atoms with Crippen molar-refractivity contribution in [1.29, 1.82) is 0 Å². The number of aromatic nitrogens is 1. The fourth-order valence-electron chi connectivity index (χ4n) is 2.62. The Bertz CT molecular complexity index is 933. The van der Waals surface area contributed by atoms with Crippen LogP contribution in [-0.2, 0) is 11.2 Å². The van der Waals surface area contributed by atoms with Gasteiger partial charge < -0.3 is 14.8 Å². The van der Waals surface area contributed by atoms with E-state index in [4.69, 9.17) is 16.7 Å². The molecule has 0 spiro atoms. The molecule has 1 heterocycles. The molecule has 1 aromatic heterocycles. The summed E-state index contributed by atoms with van der Waals surface area (Å²) in [6, 6.07) is 10.5. The Kier molecular flexibility index (Phi) is 4.34. The summed E-state index contributed by atoms with van der Waals surface area (Å²) >= 11 is 5.86. The maximum atomic E-state index is 12.4. The summed E-state index contributed by atoms with van der Waals surface area (Å²) in [5.74, 6) is -1.51. The highest BCUT2D eigenvalue weighted by molar-refractivity contribution is 6.30. The fraction of sp³-hybridized carbons (Fsp3) is 0.118. The van der Waals surface area contributed by atoms with Crippen LogP contribution in [0.1, 0.15) is 5.56 Å². The number of carboxylic acid groups (broad SMARTS) is 1. The van der Waals surface area contributed by atoms with E-state index in [0.29, 0.717) is 32.7 Å². The zero-order chi connectivity index (χ0) is 18.2. The van der Waals surface area contributed by atoms with Crippen LogP contribution in [0.5, 0.6) is 5.75 Å². The first-order valence-electron chi connectivity index (χ1n) is 7.11. The van der Waals surface area contributed by atoms with E-state index in [-0.39, 0.29) is 6.42 Å². The lowest BCUT2D eigenvalue weighted by Gasteiger charge is -2.09. The number of fused-ring (bicyclic) bond motifs is 1. The normalized spacial score (nSPS) is 11.7. The standard InChI is InChI=1S/C17H11ClF3NO3/c18-10-3-1-9(2-4-10)16-13(8-15(23)24)12-7-11(25-17(19,20)21)5-6-14(12)22-16/h1-7,22H,8H2,(H,23,24). The van der Waals surface area contributed by atoms with Crippen LogP contribution in [0.3, 0.4) is 0 Å². The van der Waals surface area contributed by atoms with Crippen molar-refractivity contribution in [2.45, 2.75) is 12.8 Å². The third kappa shape index (κ3) is 3.88. The van der Waals surface area contributed by atoms with Crippen LogP contribution in [-0.4, -0.2) is 22.4 Å². The van der Waals surface area contributed by atoms with Crippen molar-refractivity contribution in [2.24, 2.45) is 0 Å². The molecule has 2 N–H and O–H groups in total. The van der Waals surface area contributed by atoms with Crippen LogP contribution in [0.25, 0.3) is 22.2 Å². The number of rotatable bonds is 4. The number of hydrogen-bond donors (Lipinski definition) is 2. The minimum atomic E-state index is -4.82. The molecule has 25 heavy (non-hydrogen) atoms. The average molecular weight is 370 g/mol. The minimum absolute atomic E-state index is 0.354. The molecule has 0 unspecified atom stereocenters. The number of alkyl halides is 3. The number of carbonyl (C=O) groups is 1. The van der Waals surface area contributed by atoms with Gasteiger partial charge in [-0.15, -0.1) is 13.2 Å². The van der Waals surface area contributed by atoms with Crippen molar-refractivity contribution in [2.75, 3.05) is 0 Å². The summed E-state index contributed by atoms with van der Waals surface area (Å²) in [4.78, 5) is 14.3. The second-order valence-electron chi connectivity index (χ2n) is 5.31. The lowest BCUT2D eigenvalue weighted by atomic mass is 10.0. The summed E-state index contributed by atoms with van der Waals surface area (Å²) in [7, 11) is 0. The van der Waals surface area contributed by atoms with E-state index in [0.717, 1.165) is 0 Å². The summed E-state index contributed by atoms with van der Waals surface area (Å²) in [6.45, 7) is 0. The van der Waals surface area contributed by atoms with Crippen LogP contribution >= 0.6 is 11.6 Å². The molecule has 0 amide bonds. The molecular weight excluding hydrogens is 359 g/mol. The zero-order valence-electron chi connectivity index (χ0n) is 12.5. The van der Waals surface area contributed by atoms with Gasteiger partial charge in [0.1, 0.15) is 5.75 Å². The molecule has 0 fully saturated rings. The van der Waals surface area contributed by atoms with Crippen molar-refractivity contribution in [1.82, 2.24) is 4.98 Å². The molecule has 0 atom stereocenters. The molecule has 0 aliphatic heterocycles. The topological polar surface area (TPSA) is 62.3 Å². The molecule has 130 valence electrons. The number of H-pyrrole nitrogens is 1. The summed E-state index contributed by atoms with van der Waals surface area (Å²) < 4.78 is 41.2. The molecule has 2 aromatic carbocycles.